The van der Waals surface area contributed by atoms with Gasteiger partial charge in [-0.25, -0.2) is 4.79 Å². The van der Waals surface area contributed by atoms with Crippen molar-refractivity contribution in [3.63, 3.8) is 0 Å². The van der Waals surface area contributed by atoms with Gasteiger partial charge in [0.15, 0.2) is 6.29 Å². The number of allylic oxidation sites excluding steroid dienone is 4. The molecule has 2 saturated carbocycles. The first kappa shape index (κ1) is 34.7. The van der Waals surface area contributed by atoms with E-state index in [0.29, 0.717) is 18.4 Å². The molecule has 0 aromatic heterocycles. The number of carboxylic acid groups (broad SMARTS) is 1. The number of carboxylic acids is 1. The number of carbonyl (C=O) groups is 1. The van der Waals surface area contributed by atoms with Gasteiger partial charge in [0.1, 0.15) is 24.4 Å². The summed E-state index contributed by atoms with van der Waals surface area (Å²) in [6.07, 6.45) is 4.48. The van der Waals surface area contributed by atoms with E-state index in [0.717, 1.165) is 32.1 Å². The smallest absolute Gasteiger partial charge is 0.330 e. The molecule has 5 rings (SSSR count). The first-order valence-corrected chi connectivity index (χ1v) is 16.9. The summed E-state index contributed by atoms with van der Waals surface area (Å²) < 4.78 is 12.7. The van der Waals surface area contributed by atoms with Gasteiger partial charge in [0.2, 0.25) is 0 Å². The maximum Gasteiger partial charge on any atom is 0.330 e. The lowest BCUT2D eigenvalue weighted by Gasteiger charge is -2.62. The summed E-state index contributed by atoms with van der Waals surface area (Å²) in [5.41, 5.74) is 1.72. The highest BCUT2D eigenvalue weighted by Gasteiger charge is 2.67. The highest BCUT2D eigenvalue weighted by molar-refractivity contribution is 5.85. The van der Waals surface area contributed by atoms with Gasteiger partial charge in [-0.1, -0.05) is 59.8 Å². The van der Waals surface area contributed by atoms with Crippen LogP contribution in [0.3, 0.4) is 0 Å². The lowest BCUT2D eigenvalue weighted by molar-refractivity contribution is -0.319. The summed E-state index contributed by atoms with van der Waals surface area (Å²) in [5.74, 6) is -0.244. The van der Waals surface area contributed by atoms with E-state index in [4.69, 9.17) is 9.47 Å². The molecule has 0 amide bonds. The third-order valence-corrected chi connectivity index (χ3v) is 13.6. The molecule has 0 radical (unpaired) electrons. The lowest BCUT2D eigenvalue weighted by Crippen LogP contribution is -2.62. The molecule has 1 saturated heterocycles. The summed E-state index contributed by atoms with van der Waals surface area (Å²) in [7, 11) is 0. The molecule has 1 aliphatic heterocycles. The van der Waals surface area contributed by atoms with E-state index in [-0.39, 0.29) is 40.1 Å². The van der Waals surface area contributed by atoms with Gasteiger partial charge in [-0.05, 0) is 91.6 Å². The number of fused-ring (bicyclic) bond motifs is 5. The van der Waals surface area contributed by atoms with Crippen LogP contribution >= 0.6 is 0 Å². The molecule has 45 heavy (non-hydrogen) atoms. The number of aliphatic hydroxyl groups excluding tert-OH is 5. The monoisotopic (exact) mass is 632 g/mol. The Balaban J connectivity index is 1.58. The third kappa shape index (κ3) is 5.29. The maximum absolute atomic E-state index is 11.4. The van der Waals surface area contributed by atoms with Crippen molar-refractivity contribution in [2.45, 2.75) is 136 Å². The topological polar surface area (TPSA) is 157 Å². The first-order valence-electron chi connectivity index (χ1n) is 16.9. The Kier molecular flexibility index (Phi) is 9.37. The second-order valence-electron chi connectivity index (χ2n) is 16.0. The largest absolute Gasteiger partial charge is 0.478 e. The van der Waals surface area contributed by atoms with Gasteiger partial charge in [-0.3, -0.25) is 0 Å². The van der Waals surface area contributed by atoms with Gasteiger partial charge in [0, 0.05) is 16.4 Å². The van der Waals surface area contributed by atoms with Gasteiger partial charge in [-0.2, -0.15) is 0 Å². The first-order chi connectivity index (χ1) is 20.9. The van der Waals surface area contributed by atoms with E-state index in [1.54, 1.807) is 13.0 Å². The zero-order chi connectivity index (χ0) is 33.3. The average Bonchev–Trinajstić information content (AvgIpc) is 3.27. The summed E-state index contributed by atoms with van der Waals surface area (Å²) in [5, 5.41) is 62.4. The van der Waals surface area contributed by atoms with Crippen molar-refractivity contribution >= 4 is 5.97 Å². The number of ether oxygens (including phenoxy) is 2. The van der Waals surface area contributed by atoms with Crippen molar-refractivity contribution < 1.29 is 44.9 Å². The second-order valence-corrected chi connectivity index (χ2v) is 16.0. The molecule has 6 N–H and O–H groups in total. The molecule has 1 heterocycles. The van der Waals surface area contributed by atoms with Crippen molar-refractivity contribution in [3.05, 3.63) is 34.9 Å². The van der Waals surface area contributed by atoms with Crippen molar-refractivity contribution in [2.75, 3.05) is 6.61 Å². The van der Waals surface area contributed by atoms with Crippen molar-refractivity contribution in [1.82, 2.24) is 0 Å². The molecule has 9 nitrogen and oxygen atoms in total. The van der Waals surface area contributed by atoms with Crippen molar-refractivity contribution in [3.8, 4) is 0 Å². The fourth-order valence-electron chi connectivity index (χ4n) is 10.3. The predicted molar refractivity (Wildman–Crippen MR) is 169 cm³/mol. The third-order valence-electron chi connectivity index (χ3n) is 13.6. The van der Waals surface area contributed by atoms with Crippen LogP contribution in [0.4, 0.5) is 0 Å². The lowest BCUT2D eigenvalue weighted by atomic mass is 9.43. The number of hydrogen-bond acceptors (Lipinski definition) is 8. The van der Waals surface area contributed by atoms with Gasteiger partial charge >= 0.3 is 5.97 Å². The van der Waals surface area contributed by atoms with Gasteiger partial charge in [-0.15, -0.1) is 0 Å². The maximum atomic E-state index is 11.4. The minimum Gasteiger partial charge on any atom is -0.478 e. The molecule has 0 unspecified atom stereocenters. The van der Waals surface area contributed by atoms with E-state index in [1.165, 1.54) is 11.1 Å². The minimum absolute atomic E-state index is 0.197. The Morgan fingerprint density at radius 1 is 1.04 bits per heavy atom. The molecule has 0 spiro atoms. The van der Waals surface area contributed by atoms with Gasteiger partial charge in [0.25, 0.3) is 0 Å². The Morgan fingerprint density at radius 3 is 2.38 bits per heavy atom. The van der Waals surface area contributed by atoms with E-state index in [9.17, 15) is 35.4 Å². The molecule has 9 heteroatoms. The standard InChI is InChI=1S/C36H56O9/c1-19(9-8-10-20(2)31(42)43)21-13-16-35(6)22-11-12-25-33(3,4)26(38)14-15-34(25,5)23(22)17-27(36(21,35)7)45-32-30(41)29(40)28(39)24(18-37)44-32/h10-11,17,19,21,24-30,32,37-41H,8-9,12-16,18H2,1-7H3,(H,42,43)/b20-10-/t19-,21-,24-,25+,26-,27-,28-,29+,30-,32+,34-,35+,36+/m1/s1. The van der Waals surface area contributed by atoms with Crippen LogP contribution in [0.2, 0.25) is 0 Å². The predicted octanol–water partition coefficient (Wildman–Crippen LogP) is 4.11. The molecular weight excluding hydrogens is 576 g/mol. The van der Waals surface area contributed by atoms with Crippen LogP contribution in [0.15, 0.2) is 34.9 Å². The Labute approximate surface area is 268 Å². The van der Waals surface area contributed by atoms with E-state index in [2.05, 4.69) is 53.7 Å². The molecule has 3 fully saturated rings. The van der Waals surface area contributed by atoms with Crippen molar-refractivity contribution in [2.24, 2.45) is 39.4 Å². The van der Waals surface area contributed by atoms with Crippen LogP contribution < -0.4 is 0 Å². The fraction of sp³-hybridized carbons (Fsp3) is 0.806. The molecule has 4 aliphatic carbocycles. The van der Waals surface area contributed by atoms with Crippen LogP contribution in [0.1, 0.15) is 93.4 Å². The summed E-state index contributed by atoms with van der Waals surface area (Å²) in [6, 6.07) is 0. The number of rotatable bonds is 8. The molecule has 0 aromatic carbocycles. The Bertz CT molecular complexity index is 1240. The SMILES string of the molecule is C/C(=C/CC[C@@H](C)[C@H]1CC[C@@]2(C)C3=CC[C@H]4C(C)(C)[C@H](O)CC[C@]4(C)C3=C[C@@H](O[C@@H]3O[C@H](CO)[C@@H](O)[C@H](O)[C@H]3O)[C@]12C)C(=O)O. The van der Waals surface area contributed by atoms with Crippen LogP contribution in [-0.2, 0) is 14.3 Å². The quantitative estimate of drug-likeness (QED) is 0.217. The van der Waals surface area contributed by atoms with Gasteiger partial charge < -0.3 is 40.1 Å². The zero-order valence-corrected chi connectivity index (χ0v) is 28.1. The highest BCUT2D eigenvalue weighted by atomic mass is 16.7. The summed E-state index contributed by atoms with van der Waals surface area (Å²) in [6.45, 7) is 14.6. The second kappa shape index (κ2) is 12.1. The summed E-state index contributed by atoms with van der Waals surface area (Å²) >= 11 is 0. The Hall–Kier alpha value is -1.59. The number of aliphatic carboxylic acids is 1. The van der Waals surface area contributed by atoms with Crippen molar-refractivity contribution in [1.29, 1.82) is 0 Å². The van der Waals surface area contributed by atoms with Crippen LogP contribution in [0, 0.1) is 39.4 Å². The van der Waals surface area contributed by atoms with E-state index >= 15 is 0 Å². The molecular formula is C36H56O9. The molecule has 5 aliphatic rings. The molecule has 0 aromatic rings. The zero-order valence-electron chi connectivity index (χ0n) is 28.1. The van der Waals surface area contributed by atoms with Crippen LogP contribution in [-0.4, -0.2) is 86.1 Å². The minimum atomic E-state index is -1.54. The Morgan fingerprint density at radius 2 is 1.73 bits per heavy atom. The fourth-order valence-corrected chi connectivity index (χ4v) is 10.3. The van der Waals surface area contributed by atoms with E-state index in [1.807, 2.05) is 0 Å². The summed E-state index contributed by atoms with van der Waals surface area (Å²) in [4.78, 5) is 11.4. The normalized spacial score (nSPS) is 46.8. The molecule has 254 valence electrons. The van der Waals surface area contributed by atoms with Gasteiger partial charge in [0.05, 0.1) is 18.8 Å². The van der Waals surface area contributed by atoms with Crippen LogP contribution in [0.25, 0.3) is 0 Å². The number of hydrogen-bond donors (Lipinski definition) is 6. The molecule has 0 bridgehead atoms. The van der Waals surface area contributed by atoms with E-state index < -0.39 is 54.8 Å². The highest BCUT2D eigenvalue weighted by Crippen LogP contribution is 2.72. The van der Waals surface area contributed by atoms with Crippen LogP contribution in [0.5, 0.6) is 0 Å². The number of aliphatic hydroxyl groups is 5. The molecule has 13 atom stereocenters. The average molecular weight is 633 g/mol.